The summed E-state index contributed by atoms with van der Waals surface area (Å²) in [7, 11) is 0. The van der Waals surface area contributed by atoms with E-state index in [-0.39, 0.29) is 5.57 Å². The summed E-state index contributed by atoms with van der Waals surface area (Å²) in [5.41, 5.74) is 3.03. The van der Waals surface area contributed by atoms with E-state index >= 15 is 0 Å². The normalized spacial score (nSPS) is 10.9. The molecular formula is C24H18ClFN2O2. The summed E-state index contributed by atoms with van der Waals surface area (Å²) in [6, 6.07) is 20.1. The summed E-state index contributed by atoms with van der Waals surface area (Å²) < 4.78 is 18.7. The van der Waals surface area contributed by atoms with Gasteiger partial charge in [0.1, 0.15) is 29.8 Å². The van der Waals surface area contributed by atoms with E-state index in [0.717, 1.165) is 11.1 Å². The predicted octanol–water partition coefficient (Wildman–Crippen LogP) is 5.91. The first-order valence-electron chi connectivity index (χ1n) is 9.11. The van der Waals surface area contributed by atoms with Crippen LogP contribution in [0.15, 0.2) is 72.3 Å². The average Bonchev–Trinajstić information content (AvgIpc) is 2.73. The van der Waals surface area contributed by atoms with Crippen LogP contribution in [0.3, 0.4) is 0 Å². The number of halogens is 2. The van der Waals surface area contributed by atoms with Gasteiger partial charge in [-0.3, -0.25) is 4.79 Å². The molecule has 0 saturated carbocycles. The van der Waals surface area contributed by atoms with E-state index in [2.05, 4.69) is 5.32 Å². The highest BCUT2D eigenvalue weighted by molar-refractivity contribution is 6.32. The van der Waals surface area contributed by atoms with E-state index in [9.17, 15) is 14.4 Å². The van der Waals surface area contributed by atoms with Crippen molar-refractivity contribution in [3.8, 4) is 11.8 Å². The van der Waals surface area contributed by atoms with E-state index in [0.29, 0.717) is 28.6 Å². The number of carbonyl (C=O) groups is 1. The fraction of sp³-hybridized carbons (Fsp3) is 0.0833. The van der Waals surface area contributed by atoms with Gasteiger partial charge in [-0.2, -0.15) is 5.26 Å². The van der Waals surface area contributed by atoms with Crippen molar-refractivity contribution in [3.05, 3.63) is 99.8 Å². The number of hydrogen-bond donors (Lipinski definition) is 1. The first-order valence-corrected chi connectivity index (χ1v) is 9.49. The molecule has 0 bridgehead atoms. The third-order valence-electron chi connectivity index (χ3n) is 4.21. The largest absolute Gasteiger partial charge is 0.487 e. The van der Waals surface area contributed by atoms with Gasteiger partial charge in [0.15, 0.2) is 0 Å². The highest BCUT2D eigenvalue weighted by Gasteiger charge is 2.11. The molecule has 1 amide bonds. The molecule has 3 aromatic rings. The Labute approximate surface area is 179 Å². The molecule has 0 fully saturated rings. The van der Waals surface area contributed by atoms with E-state index in [4.69, 9.17) is 16.3 Å². The maximum atomic E-state index is 13.0. The minimum Gasteiger partial charge on any atom is -0.487 e. The molecule has 0 saturated heterocycles. The molecule has 6 heteroatoms. The van der Waals surface area contributed by atoms with Crippen LogP contribution in [0.2, 0.25) is 5.02 Å². The molecule has 150 valence electrons. The van der Waals surface area contributed by atoms with Crippen LogP contribution in [0.4, 0.5) is 10.1 Å². The molecule has 0 heterocycles. The molecular weight excluding hydrogens is 403 g/mol. The molecule has 3 rings (SSSR count). The molecule has 0 aliphatic carbocycles. The summed E-state index contributed by atoms with van der Waals surface area (Å²) in [5.74, 6) is -0.506. The Morgan fingerprint density at radius 1 is 1.17 bits per heavy atom. The summed E-state index contributed by atoms with van der Waals surface area (Å²) in [6.45, 7) is 2.39. The lowest BCUT2D eigenvalue weighted by Crippen LogP contribution is -2.13. The summed E-state index contributed by atoms with van der Waals surface area (Å²) in [6.07, 6.45) is 1.43. The number of anilines is 1. The lowest BCUT2D eigenvalue weighted by Gasteiger charge is -2.09. The van der Waals surface area contributed by atoms with Crippen molar-refractivity contribution in [2.24, 2.45) is 0 Å². The predicted molar refractivity (Wildman–Crippen MR) is 116 cm³/mol. The quantitative estimate of drug-likeness (QED) is 0.398. The zero-order valence-corrected chi connectivity index (χ0v) is 16.9. The number of aryl methyl sites for hydroxylation is 1. The molecule has 0 unspecified atom stereocenters. The molecule has 0 aliphatic rings. The zero-order valence-electron chi connectivity index (χ0n) is 16.2. The van der Waals surface area contributed by atoms with E-state index in [1.165, 1.54) is 30.3 Å². The SMILES string of the molecule is Cc1cccc(COc2ccc(/C=C(\C#N)C(=O)Nc3ccc(F)cc3)cc2Cl)c1. The molecule has 0 aromatic heterocycles. The Balaban J connectivity index is 1.70. The van der Waals surface area contributed by atoms with Crippen molar-refractivity contribution in [3.63, 3.8) is 0 Å². The van der Waals surface area contributed by atoms with E-state index < -0.39 is 11.7 Å². The maximum absolute atomic E-state index is 13.0. The van der Waals surface area contributed by atoms with Crippen LogP contribution in [-0.2, 0) is 11.4 Å². The molecule has 1 N–H and O–H groups in total. The van der Waals surface area contributed by atoms with Crippen LogP contribution in [0.5, 0.6) is 5.75 Å². The Kier molecular flexibility index (Phi) is 6.84. The number of benzene rings is 3. The van der Waals surface area contributed by atoms with Crippen LogP contribution >= 0.6 is 11.6 Å². The maximum Gasteiger partial charge on any atom is 0.266 e. The molecule has 0 aliphatic heterocycles. The topological polar surface area (TPSA) is 62.1 Å². The number of nitriles is 1. The van der Waals surface area contributed by atoms with Gasteiger partial charge in [-0.05, 0) is 60.5 Å². The van der Waals surface area contributed by atoms with Crippen LogP contribution < -0.4 is 10.1 Å². The Hall–Kier alpha value is -3.62. The summed E-state index contributed by atoms with van der Waals surface area (Å²) in [4.78, 5) is 12.3. The van der Waals surface area contributed by atoms with Gasteiger partial charge in [0.2, 0.25) is 0 Å². The second-order valence-corrected chi connectivity index (χ2v) is 7.01. The molecule has 4 nitrogen and oxygen atoms in total. The van der Waals surface area contributed by atoms with Crippen LogP contribution in [0.1, 0.15) is 16.7 Å². The standard InChI is InChI=1S/C24H18ClFN2O2/c1-16-3-2-4-18(11-16)15-30-23-10-5-17(13-22(23)25)12-19(14-27)24(29)28-21-8-6-20(26)7-9-21/h2-13H,15H2,1H3,(H,28,29)/b19-12+. The third kappa shape index (κ3) is 5.69. The van der Waals surface area contributed by atoms with Gasteiger partial charge in [-0.1, -0.05) is 47.5 Å². The number of nitrogens with one attached hydrogen (secondary N) is 1. The number of carbonyl (C=O) groups excluding carboxylic acids is 1. The van der Waals surface area contributed by atoms with Crippen molar-refractivity contribution in [2.45, 2.75) is 13.5 Å². The van der Waals surface area contributed by atoms with Gasteiger partial charge in [-0.25, -0.2) is 4.39 Å². The lowest BCUT2D eigenvalue weighted by molar-refractivity contribution is -0.112. The number of hydrogen-bond acceptors (Lipinski definition) is 3. The molecule has 0 spiro atoms. The van der Waals surface area contributed by atoms with Crippen molar-refractivity contribution in [2.75, 3.05) is 5.32 Å². The minimum atomic E-state index is -0.597. The monoisotopic (exact) mass is 420 g/mol. The second-order valence-electron chi connectivity index (χ2n) is 6.60. The van der Waals surface area contributed by atoms with Crippen molar-refractivity contribution < 1.29 is 13.9 Å². The Morgan fingerprint density at radius 3 is 2.60 bits per heavy atom. The number of ether oxygens (including phenoxy) is 1. The van der Waals surface area contributed by atoms with Gasteiger partial charge < -0.3 is 10.1 Å². The third-order valence-corrected chi connectivity index (χ3v) is 4.51. The van der Waals surface area contributed by atoms with Gasteiger partial charge >= 0.3 is 0 Å². The van der Waals surface area contributed by atoms with E-state index in [1.807, 2.05) is 37.3 Å². The van der Waals surface area contributed by atoms with E-state index in [1.54, 1.807) is 18.2 Å². The van der Waals surface area contributed by atoms with Crippen LogP contribution in [-0.4, -0.2) is 5.91 Å². The molecule has 0 atom stereocenters. The molecule has 0 radical (unpaired) electrons. The number of amides is 1. The minimum absolute atomic E-state index is 0.108. The second kappa shape index (κ2) is 9.73. The van der Waals surface area contributed by atoms with Crippen LogP contribution in [0.25, 0.3) is 6.08 Å². The Morgan fingerprint density at radius 2 is 1.93 bits per heavy atom. The lowest BCUT2D eigenvalue weighted by atomic mass is 10.1. The number of rotatable bonds is 6. The van der Waals surface area contributed by atoms with Crippen molar-refractivity contribution >= 4 is 29.3 Å². The summed E-state index contributed by atoms with van der Waals surface area (Å²) in [5, 5.41) is 12.3. The smallest absolute Gasteiger partial charge is 0.266 e. The van der Waals surface area contributed by atoms with Gasteiger partial charge in [0.05, 0.1) is 5.02 Å². The Bertz CT molecular complexity index is 1130. The highest BCUT2D eigenvalue weighted by Crippen LogP contribution is 2.27. The molecule has 30 heavy (non-hydrogen) atoms. The van der Waals surface area contributed by atoms with Crippen molar-refractivity contribution in [1.82, 2.24) is 0 Å². The molecule has 3 aromatic carbocycles. The fourth-order valence-corrected chi connectivity index (χ4v) is 2.98. The summed E-state index contributed by atoms with van der Waals surface area (Å²) >= 11 is 6.30. The van der Waals surface area contributed by atoms with Crippen LogP contribution in [0, 0.1) is 24.1 Å². The first kappa shape index (κ1) is 21.1. The van der Waals surface area contributed by atoms with Gasteiger partial charge in [0, 0.05) is 5.69 Å². The fourth-order valence-electron chi connectivity index (χ4n) is 2.73. The first-order chi connectivity index (χ1) is 14.4. The zero-order chi connectivity index (χ0) is 21.5. The van der Waals surface area contributed by atoms with Gasteiger partial charge in [-0.15, -0.1) is 0 Å². The van der Waals surface area contributed by atoms with Gasteiger partial charge in [0.25, 0.3) is 5.91 Å². The average molecular weight is 421 g/mol. The van der Waals surface area contributed by atoms with Crippen molar-refractivity contribution in [1.29, 1.82) is 5.26 Å². The highest BCUT2D eigenvalue weighted by atomic mass is 35.5. The number of nitrogens with zero attached hydrogens (tertiary/aromatic N) is 1.